The van der Waals surface area contributed by atoms with Crippen LogP contribution >= 0.6 is 11.3 Å². The van der Waals surface area contributed by atoms with Crippen molar-refractivity contribution < 1.29 is 24.5 Å². The van der Waals surface area contributed by atoms with Gasteiger partial charge in [-0.25, -0.2) is 4.98 Å². The van der Waals surface area contributed by atoms with E-state index in [-0.39, 0.29) is 20.1 Å². The van der Waals surface area contributed by atoms with Crippen LogP contribution in [-0.2, 0) is 20.1 Å². The molecule has 0 unspecified atom stereocenters. The largest absolute Gasteiger partial charge is 0.486 e. The molecule has 7 aromatic rings. The number of thiophene rings is 1. The van der Waals surface area contributed by atoms with Gasteiger partial charge >= 0.3 is 0 Å². The van der Waals surface area contributed by atoms with Gasteiger partial charge in [0.25, 0.3) is 0 Å². The first kappa shape index (κ1) is 28.8. The molecule has 0 aliphatic heterocycles. The summed E-state index contributed by atoms with van der Waals surface area (Å²) >= 11 is 1.79. The summed E-state index contributed by atoms with van der Waals surface area (Å²) in [5, 5.41) is 3.33. The minimum atomic E-state index is 0. The Balaban J connectivity index is 0.000000182. The number of aryl methyl sites for hydroxylation is 6. The Hall–Kier alpha value is -3.70. The molecule has 5 heterocycles. The van der Waals surface area contributed by atoms with Gasteiger partial charge in [0.15, 0.2) is 0 Å². The Morgan fingerprint density at radius 3 is 2.32 bits per heavy atom. The molecule has 7 rings (SSSR count). The van der Waals surface area contributed by atoms with Crippen molar-refractivity contribution in [3.8, 4) is 22.5 Å². The van der Waals surface area contributed by atoms with E-state index in [0.29, 0.717) is 5.71 Å². The molecule has 0 saturated heterocycles. The molecule has 0 atom stereocenters. The van der Waals surface area contributed by atoms with E-state index >= 15 is 0 Å². The van der Waals surface area contributed by atoms with Gasteiger partial charge in [0.2, 0.25) is 5.71 Å². The maximum absolute atomic E-state index is 6.09. The zero-order valence-corrected chi connectivity index (χ0v) is 27.1. The molecule has 6 heteroatoms. The zero-order valence-electron chi connectivity index (χ0n) is 23.8. The van der Waals surface area contributed by atoms with Crippen molar-refractivity contribution in [2.24, 2.45) is 0 Å². The minimum Gasteiger partial charge on any atom is -0.486 e. The fourth-order valence-electron chi connectivity index (χ4n) is 4.72. The Labute approximate surface area is 257 Å². The second-order valence-electron chi connectivity index (χ2n) is 10.3. The SMILES string of the molecule is Cc1c[c-]c(-c2cc(C)c(C)cn2)cc1.Cc1ccc2c(n1)oc1c(-c3cc4c(C)c(C)sc4cn3)[c-]ccc12.[Ir]. The van der Waals surface area contributed by atoms with Gasteiger partial charge in [-0.15, -0.1) is 64.9 Å². The van der Waals surface area contributed by atoms with Crippen molar-refractivity contribution in [1.29, 1.82) is 0 Å². The summed E-state index contributed by atoms with van der Waals surface area (Å²) in [6.45, 7) is 12.5. The number of hydrogen-bond acceptors (Lipinski definition) is 5. The standard InChI is InChI=1S/C21H15N2OS.C14H14N.Ir/c1-11-7-8-15-14-5-4-6-16(20(14)24-21(15)23-11)18-9-17-12(2)13(3)25-19(17)10-22-18;1-10-4-6-13(7-5-10)14-8-11(2)12(3)9-15-14;/h4-5,7-10H,1-3H3;4-6,8-9H,1-3H3;/q2*-1;. The molecule has 0 saturated carbocycles. The molecule has 2 aromatic carbocycles. The number of pyridine rings is 3. The average Bonchev–Trinajstić information content (AvgIpc) is 3.46. The van der Waals surface area contributed by atoms with Gasteiger partial charge in [0, 0.05) is 48.5 Å². The molecule has 0 fully saturated rings. The third kappa shape index (κ3) is 5.60. The maximum Gasteiger partial charge on any atom is 0.216 e. The van der Waals surface area contributed by atoms with E-state index in [2.05, 4.69) is 92.0 Å². The van der Waals surface area contributed by atoms with E-state index in [1.807, 2.05) is 43.6 Å². The molecule has 0 spiro atoms. The summed E-state index contributed by atoms with van der Waals surface area (Å²) in [6.07, 6.45) is 3.87. The maximum atomic E-state index is 6.09. The number of aromatic nitrogens is 3. The molecule has 41 heavy (non-hydrogen) atoms. The molecule has 0 bridgehead atoms. The van der Waals surface area contributed by atoms with Crippen molar-refractivity contribution in [3.63, 3.8) is 0 Å². The van der Waals surface area contributed by atoms with E-state index in [4.69, 9.17) is 4.42 Å². The van der Waals surface area contributed by atoms with E-state index in [1.165, 1.54) is 37.2 Å². The Bertz CT molecular complexity index is 2020. The number of nitrogens with zero attached hydrogens (tertiary/aromatic N) is 3. The van der Waals surface area contributed by atoms with Crippen LogP contribution in [-0.4, -0.2) is 15.0 Å². The van der Waals surface area contributed by atoms with Gasteiger partial charge < -0.3 is 14.4 Å². The van der Waals surface area contributed by atoms with Crippen LogP contribution in [0.3, 0.4) is 0 Å². The zero-order chi connectivity index (χ0) is 28.0. The van der Waals surface area contributed by atoms with Crippen LogP contribution in [0, 0.1) is 53.7 Å². The fraction of sp³-hybridized carbons (Fsp3) is 0.171. The van der Waals surface area contributed by atoms with Gasteiger partial charge in [-0.1, -0.05) is 35.6 Å². The van der Waals surface area contributed by atoms with Crippen molar-refractivity contribution in [1.82, 2.24) is 15.0 Å². The molecule has 1 radical (unpaired) electrons. The molecular formula is C35H29IrN3OS-2. The molecule has 0 aliphatic carbocycles. The first-order chi connectivity index (χ1) is 19.3. The number of hydrogen-bond donors (Lipinski definition) is 0. The first-order valence-electron chi connectivity index (χ1n) is 13.3. The van der Waals surface area contributed by atoms with Crippen LogP contribution in [0.25, 0.3) is 54.7 Å². The fourth-order valence-corrected chi connectivity index (χ4v) is 5.74. The Morgan fingerprint density at radius 1 is 0.756 bits per heavy atom. The predicted octanol–water partition coefficient (Wildman–Crippen LogP) is 9.45. The van der Waals surface area contributed by atoms with Gasteiger partial charge in [0.1, 0.15) is 0 Å². The van der Waals surface area contributed by atoms with Crippen LogP contribution in [0.4, 0.5) is 0 Å². The topological polar surface area (TPSA) is 51.8 Å². The number of rotatable bonds is 2. The summed E-state index contributed by atoms with van der Waals surface area (Å²) in [4.78, 5) is 14.9. The van der Waals surface area contributed by atoms with Crippen molar-refractivity contribution in [3.05, 3.63) is 112 Å². The van der Waals surface area contributed by atoms with Gasteiger partial charge in [-0.3, -0.25) is 0 Å². The molecule has 4 nitrogen and oxygen atoms in total. The summed E-state index contributed by atoms with van der Waals surface area (Å²) < 4.78 is 7.30. The summed E-state index contributed by atoms with van der Waals surface area (Å²) in [5.41, 5.74) is 11.3. The quantitative estimate of drug-likeness (QED) is 0.166. The number of furan rings is 1. The Kier molecular flexibility index (Phi) is 8.19. The predicted molar refractivity (Wildman–Crippen MR) is 166 cm³/mol. The number of benzene rings is 2. The van der Waals surface area contributed by atoms with Crippen LogP contribution in [0.5, 0.6) is 0 Å². The average molecular weight is 732 g/mol. The molecule has 5 aromatic heterocycles. The monoisotopic (exact) mass is 732 g/mol. The molecule has 0 amide bonds. The normalized spacial score (nSPS) is 11.0. The summed E-state index contributed by atoms with van der Waals surface area (Å²) in [6, 6.07) is 25.0. The second-order valence-corrected chi connectivity index (χ2v) is 11.5. The summed E-state index contributed by atoms with van der Waals surface area (Å²) in [7, 11) is 0. The molecular weight excluding hydrogens is 703 g/mol. The molecule has 0 aliphatic rings. The van der Waals surface area contributed by atoms with Crippen molar-refractivity contribution in [2.75, 3.05) is 0 Å². The first-order valence-corrected chi connectivity index (χ1v) is 14.1. The third-order valence-corrected chi connectivity index (χ3v) is 8.53. The minimum absolute atomic E-state index is 0. The van der Waals surface area contributed by atoms with Crippen LogP contribution in [0.2, 0.25) is 0 Å². The summed E-state index contributed by atoms with van der Waals surface area (Å²) in [5.74, 6) is 0. The van der Waals surface area contributed by atoms with Crippen LogP contribution < -0.4 is 0 Å². The van der Waals surface area contributed by atoms with E-state index in [9.17, 15) is 0 Å². The second kappa shape index (κ2) is 11.7. The van der Waals surface area contributed by atoms with E-state index < -0.39 is 0 Å². The van der Waals surface area contributed by atoms with Gasteiger partial charge in [0.05, 0.1) is 10.3 Å². The molecule has 0 N–H and O–H groups in total. The van der Waals surface area contributed by atoms with E-state index in [0.717, 1.165) is 44.6 Å². The third-order valence-electron chi connectivity index (χ3n) is 7.37. The van der Waals surface area contributed by atoms with Crippen molar-refractivity contribution >= 4 is 43.5 Å². The smallest absolute Gasteiger partial charge is 0.216 e. The van der Waals surface area contributed by atoms with Gasteiger partial charge in [-0.05, 0) is 74.7 Å². The van der Waals surface area contributed by atoms with E-state index in [1.54, 1.807) is 11.3 Å². The van der Waals surface area contributed by atoms with Crippen molar-refractivity contribution in [2.45, 2.75) is 41.5 Å². The number of fused-ring (bicyclic) bond motifs is 4. The Morgan fingerprint density at radius 2 is 1.56 bits per heavy atom. The molecule has 207 valence electrons. The van der Waals surface area contributed by atoms with Gasteiger partial charge in [-0.2, -0.15) is 0 Å². The van der Waals surface area contributed by atoms with Crippen LogP contribution in [0.15, 0.2) is 71.4 Å². The van der Waals surface area contributed by atoms with Crippen LogP contribution in [0.1, 0.15) is 32.8 Å².